The number of carbonyl (C=O) groups excluding carboxylic acids is 1. The third-order valence-corrected chi connectivity index (χ3v) is 3.87. The fourth-order valence-corrected chi connectivity index (χ4v) is 2.67. The Morgan fingerprint density at radius 2 is 2.14 bits per heavy atom. The average Bonchev–Trinajstić information content (AvgIpc) is 3.11. The molecule has 1 aliphatic heterocycles. The van der Waals surface area contributed by atoms with E-state index in [1.54, 1.807) is 12.4 Å². The summed E-state index contributed by atoms with van der Waals surface area (Å²) >= 11 is 0. The normalized spacial score (nSPS) is 17.4. The number of carbonyl (C=O) groups is 1. The Labute approximate surface area is 130 Å². The predicted octanol–water partition coefficient (Wildman–Crippen LogP) is 1.95. The van der Waals surface area contributed by atoms with Crippen molar-refractivity contribution in [2.75, 3.05) is 19.8 Å². The maximum atomic E-state index is 12.7. The molecule has 1 aromatic carbocycles. The van der Waals surface area contributed by atoms with Crippen molar-refractivity contribution in [1.82, 2.24) is 14.9 Å². The molecule has 5 heteroatoms. The van der Waals surface area contributed by atoms with E-state index in [0.717, 1.165) is 12.8 Å². The Kier molecular flexibility index (Phi) is 4.75. The number of nitrogens with zero attached hydrogens (tertiary/aromatic N) is 3. The van der Waals surface area contributed by atoms with Crippen molar-refractivity contribution in [3.63, 3.8) is 0 Å². The second kappa shape index (κ2) is 7.13. The second-order valence-corrected chi connectivity index (χ2v) is 5.34. The van der Waals surface area contributed by atoms with Gasteiger partial charge in [0.25, 0.3) is 5.91 Å². The summed E-state index contributed by atoms with van der Waals surface area (Å²) in [6.07, 6.45) is 6.34. The summed E-state index contributed by atoms with van der Waals surface area (Å²) in [7, 11) is 0. The molecule has 114 valence electrons. The molecule has 0 bridgehead atoms. The van der Waals surface area contributed by atoms with Crippen molar-refractivity contribution in [2.45, 2.75) is 18.9 Å². The van der Waals surface area contributed by atoms with Crippen LogP contribution < -0.4 is 0 Å². The Bertz CT molecular complexity index is 598. The van der Waals surface area contributed by atoms with Crippen molar-refractivity contribution in [1.29, 1.82) is 0 Å². The van der Waals surface area contributed by atoms with Crippen LogP contribution in [0.2, 0.25) is 0 Å². The molecule has 1 fully saturated rings. The maximum Gasteiger partial charge on any atom is 0.274 e. The topological polar surface area (TPSA) is 55.3 Å². The van der Waals surface area contributed by atoms with Crippen LogP contribution in [-0.2, 0) is 11.2 Å². The van der Waals surface area contributed by atoms with Crippen molar-refractivity contribution < 1.29 is 9.53 Å². The van der Waals surface area contributed by atoms with Gasteiger partial charge in [-0.05, 0) is 18.4 Å². The molecule has 2 heterocycles. The minimum Gasteiger partial charge on any atom is -0.379 e. The van der Waals surface area contributed by atoms with Crippen LogP contribution in [-0.4, -0.2) is 46.6 Å². The first-order valence-electron chi connectivity index (χ1n) is 7.53. The highest BCUT2D eigenvalue weighted by atomic mass is 16.5. The molecule has 0 saturated carbocycles. The van der Waals surface area contributed by atoms with Crippen molar-refractivity contribution in [3.8, 4) is 0 Å². The van der Waals surface area contributed by atoms with Gasteiger partial charge in [0.15, 0.2) is 0 Å². The molecule has 1 saturated heterocycles. The zero-order chi connectivity index (χ0) is 15.2. The molecule has 3 rings (SSSR count). The van der Waals surface area contributed by atoms with Gasteiger partial charge in [-0.2, -0.15) is 0 Å². The molecule has 1 amide bonds. The van der Waals surface area contributed by atoms with Gasteiger partial charge in [-0.25, -0.2) is 4.98 Å². The van der Waals surface area contributed by atoms with E-state index in [1.165, 1.54) is 11.8 Å². The van der Waals surface area contributed by atoms with Crippen LogP contribution in [0.5, 0.6) is 0 Å². The van der Waals surface area contributed by atoms with E-state index in [9.17, 15) is 4.79 Å². The van der Waals surface area contributed by atoms with Gasteiger partial charge >= 0.3 is 0 Å². The summed E-state index contributed by atoms with van der Waals surface area (Å²) in [5.41, 5.74) is 1.61. The quantitative estimate of drug-likeness (QED) is 0.846. The first-order valence-corrected chi connectivity index (χ1v) is 7.53. The number of benzene rings is 1. The van der Waals surface area contributed by atoms with Gasteiger partial charge < -0.3 is 9.64 Å². The fourth-order valence-electron chi connectivity index (χ4n) is 2.67. The second-order valence-electron chi connectivity index (χ2n) is 5.34. The van der Waals surface area contributed by atoms with E-state index < -0.39 is 0 Å². The molecule has 5 nitrogen and oxygen atoms in total. The zero-order valence-electron chi connectivity index (χ0n) is 12.4. The van der Waals surface area contributed by atoms with E-state index in [0.29, 0.717) is 25.5 Å². The van der Waals surface area contributed by atoms with E-state index in [1.807, 2.05) is 23.1 Å². The highest BCUT2D eigenvalue weighted by Gasteiger charge is 2.28. The van der Waals surface area contributed by atoms with Crippen molar-refractivity contribution >= 4 is 5.91 Å². The van der Waals surface area contributed by atoms with Gasteiger partial charge in [-0.3, -0.25) is 9.78 Å². The summed E-state index contributed by atoms with van der Waals surface area (Å²) in [5.74, 6) is -0.0699. The molecular weight excluding hydrogens is 278 g/mol. The van der Waals surface area contributed by atoms with Crippen LogP contribution in [0.1, 0.15) is 22.5 Å². The SMILES string of the molecule is O=C(c1cnccn1)N(CCc1ccccc1)C1CCOC1. The third-order valence-electron chi connectivity index (χ3n) is 3.87. The molecule has 1 atom stereocenters. The fraction of sp³-hybridized carbons (Fsp3) is 0.353. The van der Waals surface area contributed by atoms with Crippen LogP contribution in [0, 0.1) is 0 Å². The Morgan fingerprint density at radius 3 is 2.82 bits per heavy atom. The lowest BCUT2D eigenvalue weighted by atomic mass is 10.1. The van der Waals surface area contributed by atoms with Gasteiger partial charge in [0.05, 0.1) is 18.8 Å². The van der Waals surface area contributed by atoms with Gasteiger partial charge in [0.1, 0.15) is 5.69 Å². The van der Waals surface area contributed by atoms with E-state index >= 15 is 0 Å². The lowest BCUT2D eigenvalue weighted by molar-refractivity contribution is 0.0650. The lowest BCUT2D eigenvalue weighted by Crippen LogP contribution is -2.42. The molecule has 0 N–H and O–H groups in total. The maximum absolute atomic E-state index is 12.7. The summed E-state index contributed by atoms with van der Waals surface area (Å²) in [6.45, 7) is 1.97. The summed E-state index contributed by atoms with van der Waals surface area (Å²) in [6, 6.07) is 10.3. The first kappa shape index (κ1) is 14.7. The Hall–Kier alpha value is -2.27. The predicted molar refractivity (Wildman–Crippen MR) is 82.4 cm³/mol. The zero-order valence-corrected chi connectivity index (χ0v) is 12.4. The Balaban J connectivity index is 1.73. The largest absolute Gasteiger partial charge is 0.379 e. The van der Waals surface area contributed by atoms with Gasteiger partial charge in [-0.1, -0.05) is 30.3 Å². The molecule has 1 aliphatic rings. The van der Waals surface area contributed by atoms with Gasteiger partial charge in [0, 0.05) is 25.5 Å². The van der Waals surface area contributed by atoms with Crippen LogP contribution in [0.25, 0.3) is 0 Å². The van der Waals surface area contributed by atoms with E-state index in [2.05, 4.69) is 22.1 Å². The number of ether oxygens (including phenoxy) is 1. The van der Waals surface area contributed by atoms with E-state index in [4.69, 9.17) is 4.74 Å². The van der Waals surface area contributed by atoms with E-state index in [-0.39, 0.29) is 11.9 Å². The van der Waals surface area contributed by atoms with Crippen LogP contribution >= 0.6 is 0 Å². The van der Waals surface area contributed by atoms with Gasteiger partial charge in [0.2, 0.25) is 0 Å². The third kappa shape index (κ3) is 3.49. The van der Waals surface area contributed by atoms with Crippen molar-refractivity contribution in [2.24, 2.45) is 0 Å². The number of amides is 1. The molecule has 0 aliphatic carbocycles. The molecule has 0 radical (unpaired) electrons. The van der Waals surface area contributed by atoms with Crippen LogP contribution in [0.4, 0.5) is 0 Å². The smallest absolute Gasteiger partial charge is 0.274 e. The molecule has 22 heavy (non-hydrogen) atoms. The number of hydrogen-bond donors (Lipinski definition) is 0. The molecule has 2 aromatic rings. The molecular formula is C17H19N3O2. The lowest BCUT2D eigenvalue weighted by Gasteiger charge is -2.27. The first-order chi connectivity index (χ1) is 10.8. The minimum atomic E-state index is -0.0699. The summed E-state index contributed by atoms with van der Waals surface area (Å²) < 4.78 is 5.45. The van der Waals surface area contributed by atoms with Crippen LogP contribution in [0.3, 0.4) is 0 Å². The monoisotopic (exact) mass is 297 g/mol. The van der Waals surface area contributed by atoms with Gasteiger partial charge in [-0.15, -0.1) is 0 Å². The van der Waals surface area contributed by atoms with Crippen LogP contribution in [0.15, 0.2) is 48.9 Å². The minimum absolute atomic E-state index is 0.0699. The molecule has 1 unspecified atom stereocenters. The number of hydrogen-bond acceptors (Lipinski definition) is 4. The Morgan fingerprint density at radius 1 is 1.27 bits per heavy atom. The molecule has 0 spiro atoms. The highest BCUT2D eigenvalue weighted by Crippen LogP contribution is 2.16. The average molecular weight is 297 g/mol. The number of rotatable bonds is 5. The summed E-state index contributed by atoms with van der Waals surface area (Å²) in [5, 5.41) is 0. The summed E-state index contributed by atoms with van der Waals surface area (Å²) in [4.78, 5) is 22.7. The van der Waals surface area contributed by atoms with Crippen molar-refractivity contribution in [3.05, 3.63) is 60.2 Å². The molecule has 1 aromatic heterocycles. The highest BCUT2D eigenvalue weighted by molar-refractivity contribution is 5.92. The number of aromatic nitrogens is 2. The standard InChI is InChI=1S/C17H19N3O2/c21-17(16-12-18-8-9-19-16)20(15-7-11-22-13-15)10-6-14-4-2-1-3-5-14/h1-5,8-9,12,15H,6-7,10-11,13H2.